The second-order valence-corrected chi connectivity index (χ2v) is 5.17. The highest BCUT2D eigenvalue weighted by atomic mass is 16.6. The highest BCUT2D eigenvalue weighted by Crippen LogP contribution is 2.44. The minimum atomic E-state index is 0.129. The number of fused-ring (bicyclic) bond motifs is 1. The van der Waals surface area contributed by atoms with Gasteiger partial charge in [0, 0.05) is 6.61 Å². The number of benzene rings is 1. The number of ether oxygens (including phenoxy) is 2. The van der Waals surface area contributed by atoms with Gasteiger partial charge in [-0.15, -0.1) is 0 Å². The average molecular weight is 234 g/mol. The van der Waals surface area contributed by atoms with Crippen LogP contribution in [0.3, 0.4) is 0 Å². The van der Waals surface area contributed by atoms with E-state index in [1.165, 1.54) is 12.0 Å². The molecule has 92 valence electrons. The average Bonchev–Trinajstić information content (AvgIpc) is 2.34. The molecule has 2 aliphatic rings. The van der Waals surface area contributed by atoms with Gasteiger partial charge in [0.15, 0.2) is 11.5 Å². The van der Waals surface area contributed by atoms with Crippen molar-refractivity contribution in [1.29, 1.82) is 0 Å². The summed E-state index contributed by atoms with van der Waals surface area (Å²) in [6, 6.07) is 6.13. The monoisotopic (exact) mass is 234 g/mol. The second-order valence-electron chi connectivity index (χ2n) is 5.17. The molecule has 1 aliphatic carbocycles. The Morgan fingerprint density at radius 1 is 1.12 bits per heavy atom. The summed E-state index contributed by atoms with van der Waals surface area (Å²) < 4.78 is 11.1. The summed E-state index contributed by atoms with van der Waals surface area (Å²) in [5.74, 6) is 1.69. The fraction of sp³-hybridized carbons (Fsp3) is 0.571. The molecule has 3 nitrogen and oxygen atoms in total. The number of hydrogen-bond donors (Lipinski definition) is 1. The Bertz CT molecular complexity index is 404. The molecule has 0 atom stereocenters. The van der Waals surface area contributed by atoms with Gasteiger partial charge >= 0.3 is 0 Å². The van der Waals surface area contributed by atoms with E-state index in [1.54, 1.807) is 0 Å². The molecule has 0 amide bonds. The minimum Gasteiger partial charge on any atom is -0.486 e. The van der Waals surface area contributed by atoms with E-state index in [0.717, 1.165) is 30.8 Å². The third kappa shape index (κ3) is 2.00. The normalized spacial score (nSPS) is 20.8. The number of aliphatic hydroxyl groups is 1. The molecule has 3 rings (SSSR count). The van der Waals surface area contributed by atoms with Crippen LogP contribution in [0.2, 0.25) is 0 Å². The van der Waals surface area contributed by atoms with Gasteiger partial charge in [-0.25, -0.2) is 0 Å². The first-order valence-electron chi connectivity index (χ1n) is 6.31. The van der Waals surface area contributed by atoms with Crippen molar-refractivity contribution in [2.45, 2.75) is 25.7 Å². The van der Waals surface area contributed by atoms with Crippen LogP contribution >= 0.6 is 0 Å². The fourth-order valence-electron chi connectivity index (χ4n) is 2.70. The zero-order chi connectivity index (χ0) is 11.7. The lowest BCUT2D eigenvalue weighted by molar-refractivity contribution is 0.0449. The quantitative estimate of drug-likeness (QED) is 0.871. The molecule has 1 aromatic rings. The molecule has 1 heterocycles. The Balaban J connectivity index is 1.79. The molecular weight excluding hydrogens is 216 g/mol. The molecule has 1 aliphatic heterocycles. The van der Waals surface area contributed by atoms with Crippen LogP contribution in [0.4, 0.5) is 0 Å². The van der Waals surface area contributed by atoms with Crippen LogP contribution in [0, 0.1) is 5.41 Å². The van der Waals surface area contributed by atoms with E-state index in [1.807, 2.05) is 6.07 Å². The lowest BCUT2D eigenvalue weighted by Crippen LogP contribution is -2.35. The second kappa shape index (κ2) is 4.22. The maximum atomic E-state index is 9.48. The Kier molecular flexibility index (Phi) is 2.71. The van der Waals surface area contributed by atoms with Gasteiger partial charge in [-0.1, -0.05) is 12.5 Å². The number of hydrogen-bond acceptors (Lipinski definition) is 3. The largest absolute Gasteiger partial charge is 0.486 e. The summed E-state index contributed by atoms with van der Waals surface area (Å²) in [7, 11) is 0. The van der Waals surface area contributed by atoms with Crippen LogP contribution in [0.5, 0.6) is 11.5 Å². The maximum Gasteiger partial charge on any atom is 0.161 e. The van der Waals surface area contributed by atoms with E-state index >= 15 is 0 Å². The Labute approximate surface area is 101 Å². The van der Waals surface area contributed by atoms with Gasteiger partial charge in [-0.05, 0) is 42.4 Å². The smallest absolute Gasteiger partial charge is 0.161 e. The van der Waals surface area contributed by atoms with Crippen LogP contribution in [0.15, 0.2) is 18.2 Å². The molecule has 0 spiro atoms. The van der Waals surface area contributed by atoms with E-state index in [0.29, 0.717) is 19.8 Å². The van der Waals surface area contributed by atoms with Crippen LogP contribution in [0.25, 0.3) is 0 Å². The number of rotatable bonds is 3. The van der Waals surface area contributed by atoms with E-state index in [9.17, 15) is 5.11 Å². The van der Waals surface area contributed by atoms with Crippen molar-refractivity contribution in [2.24, 2.45) is 5.41 Å². The van der Waals surface area contributed by atoms with Gasteiger partial charge in [0.1, 0.15) is 13.2 Å². The van der Waals surface area contributed by atoms with E-state index in [4.69, 9.17) is 9.47 Å². The third-order valence-electron chi connectivity index (χ3n) is 3.94. The van der Waals surface area contributed by atoms with Gasteiger partial charge in [-0.2, -0.15) is 0 Å². The van der Waals surface area contributed by atoms with E-state index < -0.39 is 0 Å². The van der Waals surface area contributed by atoms with Crippen molar-refractivity contribution in [3.63, 3.8) is 0 Å². The van der Waals surface area contributed by atoms with Crippen LogP contribution < -0.4 is 9.47 Å². The minimum absolute atomic E-state index is 0.129. The van der Waals surface area contributed by atoms with Crippen molar-refractivity contribution in [3.8, 4) is 11.5 Å². The maximum absolute atomic E-state index is 9.48. The van der Waals surface area contributed by atoms with Gasteiger partial charge < -0.3 is 14.6 Å². The molecule has 1 N–H and O–H groups in total. The first-order chi connectivity index (χ1) is 8.31. The molecule has 3 heteroatoms. The zero-order valence-corrected chi connectivity index (χ0v) is 9.95. The van der Waals surface area contributed by atoms with Crippen molar-refractivity contribution in [3.05, 3.63) is 23.8 Å². The molecule has 1 aromatic carbocycles. The SMILES string of the molecule is OCC1(Cc2ccc3c(c2)OCCO3)CCC1. The predicted octanol–water partition coefficient (Wildman–Crippen LogP) is 2.16. The van der Waals surface area contributed by atoms with Gasteiger partial charge in [0.2, 0.25) is 0 Å². The lowest BCUT2D eigenvalue weighted by Gasteiger charge is -2.40. The van der Waals surface area contributed by atoms with Crippen molar-refractivity contribution >= 4 is 0 Å². The third-order valence-corrected chi connectivity index (χ3v) is 3.94. The molecule has 1 saturated carbocycles. The molecule has 1 fully saturated rings. The van der Waals surface area contributed by atoms with Crippen molar-refractivity contribution in [2.75, 3.05) is 19.8 Å². The summed E-state index contributed by atoms with van der Waals surface area (Å²) in [6.45, 7) is 1.55. The highest BCUT2D eigenvalue weighted by molar-refractivity contribution is 5.44. The summed E-state index contributed by atoms with van der Waals surface area (Å²) >= 11 is 0. The first kappa shape index (κ1) is 10.9. The van der Waals surface area contributed by atoms with Gasteiger partial charge in [0.05, 0.1) is 0 Å². The molecule has 17 heavy (non-hydrogen) atoms. The first-order valence-corrected chi connectivity index (χ1v) is 6.31. The summed E-state index contributed by atoms with van der Waals surface area (Å²) in [5, 5.41) is 9.48. The Hall–Kier alpha value is -1.22. The molecule has 0 bridgehead atoms. The summed E-state index contributed by atoms with van der Waals surface area (Å²) in [5.41, 5.74) is 1.37. The summed E-state index contributed by atoms with van der Waals surface area (Å²) in [6.07, 6.45) is 4.46. The molecular formula is C14H18O3. The molecule has 0 radical (unpaired) electrons. The Morgan fingerprint density at radius 3 is 2.53 bits per heavy atom. The van der Waals surface area contributed by atoms with Crippen LogP contribution in [-0.2, 0) is 6.42 Å². The number of aliphatic hydroxyl groups excluding tert-OH is 1. The lowest BCUT2D eigenvalue weighted by atomic mass is 9.66. The summed E-state index contributed by atoms with van der Waals surface area (Å²) in [4.78, 5) is 0. The van der Waals surface area contributed by atoms with E-state index in [-0.39, 0.29) is 5.41 Å². The van der Waals surface area contributed by atoms with Crippen LogP contribution in [0.1, 0.15) is 24.8 Å². The molecule has 0 unspecified atom stereocenters. The predicted molar refractivity (Wildman–Crippen MR) is 64.5 cm³/mol. The highest BCUT2D eigenvalue weighted by Gasteiger charge is 2.36. The zero-order valence-electron chi connectivity index (χ0n) is 9.95. The topological polar surface area (TPSA) is 38.7 Å². The van der Waals surface area contributed by atoms with Crippen LogP contribution in [-0.4, -0.2) is 24.9 Å². The van der Waals surface area contributed by atoms with Gasteiger partial charge in [0.25, 0.3) is 0 Å². The fourth-order valence-corrected chi connectivity index (χ4v) is 2.70. The standard InChI is InChI=1S/C14H18O3/c15-10-14(4-1-5-14)9-11-2-3-12-13(8-11)17-7-6-16-12/h2-3,8,15H,1,4-7,9-10H2. The molecule has 0 saturated heterocycles. The Morgan fingerprint density at radius 2 is 1.88 bits per heavy atom. The van der Waals surface area contributed by atoms with Gasteiger partial charge in [-0.3, -0.25) is 0 Å². The van der Waals surface area contributed by atoms with E-state index in [2.05, 4.69) is 12.1 Å². The molecule has 0 aromatic heterocycles. The van der Waals surface area contributed by atoms with Crippen molar-refractivity contribution < 1.29 is 14.6 Å². The van der Waals surface area contributed by atoms with Crippen molar-refractivity contribution in [1.82, 2.24) is 0 Å².